The Kier molecular flexibility index (Phi) is 15.7. The average Bonchev–Trinajstić information content (AvgIpc) is 3.14. The Morgan fingerprint density at radius 2 is 1.25 bits per heavy atom. The van der Waals surface area contributed by atoms with Gasteiger partial charge in [0.2, 0.25) is 0 Å². The number of carbonyl (C=O) groups is 3. The number of halogens is 9. The summed E-state index contributed by atoms with van der Waals surface area (Å²) in [5.74, 6) is -6.07. The van der Waals surface area contributed by atoms with Crippen LogP contribution in [0.25, 0.3) is 0 Å². The smallest absolute Gasteiger partial charge is 0.475 e. The first-order chi connectivity index (χ1) is 20.0. The van der Waals surface area contributed by atoms with Crippen LogP contribution in [-0.4, -0.2) is 107 Å². The fourth-order valence-electron chi connectivity index (χ4n) is 2.85. The molecule has 3 N–H and O–H groups in total. The van der Waals surface area contributed by atoms with Gasteiger partial charge in [-0.3, -0.25) is 14.8 Å². The molecule has 0 aromatic carbocycles. The Morgan fingerprint density at radius 3 is 1.64 bits per heavy atom. The highest BCUT2D eigenvalue weighted by molar-refractivity contribution is 5.73. The second-order valence-electron chi connectivity index (χ2n) is 8.98. The summed E-state index contributed by atoms with van der Waals surface area (Å²) in [7, 11) is 2.14. The van der Waals surface area contributed by atoms with Gasteiger partial charge in [-0.05, 0) is 38.6 Å². The fraction of sp³-hybridized carbons (Fsp3) is 0.565. The van der Waals surface area contributed by atoms with Gasteiger partial charge in [0, 0.05) is 51.0 Å². The Morgan fingerprint density at radius 1 is 0.818 bits per heavy atom. The number of hydrogen-bond donors (Lipinski definition) is 3. The third kappa shape index (κ3) is 16.0. The zero-order valence-electron chi connectivity index (χ0n) is 23.3. The van der Waals surface area contributed by atoms with Crippen molar-refractivity contribution >= 4 is 17.9 Å². The second kappa shape index (κ2) is 17.3. The summed E-state index contributed by atoms with van der Waals surface area (Å²) in [5.41, 5.74) is 1.32. The lowest BCUT2D eigenvalue weighted by Crippen LogP contribution is -2.29. The molecule has 21 heteroatoms. The molecule has 2 aromatic heterocycles. The summed E-state index contributed by atoms with van der Waals surface area (Å²) in [4.78, 5) is 35.6. The minimum absolute atomic E-state index is 0.511. The normalized spacial score (nSPS) is 13.7. The molecule has 0 atom stereocenters. The molecule has 44 heavy (non-hydrogen) atoms. The van der Waals surface area contributed by atoms with Crippen LogP contribution in [0.5, 0.6) is 0 Å². The van der Waals surface area contributed by atoms with Crippen LogP contribution in [0.1, 0.15) is 31.1 Å². The van der Waals surface area contributed by atoms with E-state index in [1.165, 1.54) is 5.56 Å². The van der Waals surface area contributed by atoms with E-state index in [0.717, 1.165) is 50.8 Å². The van der Waals surface area contributed by atoms with E-state index in [4.69, 9.17) is 29.7 Å². The van der Waals surface area contributed by atoms with Crippen molar-refractivity contribution in [3.05, 3.63) is 41.7 Å². The number of pyridine rings is 1. The number of carboxylic acids is 3. The molecule has 250 valence electrons. The number of alkyl halides is 9. The van der Waals surface area contributed by atoms with Crippen molar-refractivity contribution in [2.75, 3.05) is 20.1 Å². The van der Waals surface area contributed by atoms with Gasteiger partial charge in [-0.15, -0.1) is 10.2 Å². The predicted molar refractivity (Wildman–Crippen MR) is 131 cm³/mol. The summed E-state index contributed by atoms with van der Waals surface area (Å²) in [6.07, 6.45) is -10.6. The van der Waals surface area contributed by atoms with Gasteiger partial charge in [-0.1, -0.05) is 0 Å². The molecule has 0 aliphatic carbocycles. The standard InChI is InChI=1S/C17H26N6.3C2HF3O2/c1-14(2)21(3)13-17-20-19-16-6-9-22(10-11-23(16)17)12-15-4-7-18-8-5-15;3*3-2(4,5)1(6)7/h4-5,7-8,14H,6,9-13H2,1-3H3;3*(H,6,7). The summed E-state index contributed by atoms with van der Waals surface area (Å²) < 4.78 is 97.5. The quantitative estimate of drug-likeness (QED) is 0.404. The Balaban J connectivity index is 0.000000721. The molecule has 1 aliphatic rings. The van der Waals surface area contributed by atoms with E-state index in [2.05, 4.69) is 62.6 Å². The molecule has 0 saturated heterocycles. The van der Waals surface area contributed by atoms with E-state index < -0.39 is 36.4 Å². The van der Waals surface area contributed by atoms with Gasteiger partial charge in [-0.25, -0.2) is 14.4 Å². The van der Waals surface area contributed by atoms with E-state index in [1.54, 1.807) is 0 Å². The van der Waals surface area contributed by atoms with Crippen molar-refractivity contribution in [2.24, 2.45) is 0 Å². The van der Waals surface area contributed by atoms with Crippen LogP contribution in [-0.2, 0) is 40.4 Å². The lowest BCUT2D eigenvalue weighted by molar-refractivity contribution is -0.193. The maximum atomic E-state index is 10.6. The monoisotopic (exact) mass is 656 g/mol. The molecular weight excluding hydrogens is 627 g/mol. The summed E-state index contributed by atoms with van der Waals surface area (Å²) in [5, 5.41) is 30.2. The Labute approximate surface area is 243 Å². The third-order valence-electron chi connectivity index (χ3n) is 5.35. The summed E-state index contributed by atoms with van der Waals surface area (Å²) in [6.45, 7) is 9.27. The molecule has 2 aromatic rings. The molecule has 0 saturated carbocycles. The number of hydrogen-bond acceptors (Lipinski definition) is 8. The minimum atomic E-state index is -5.08. The molecular formula is C23H29F9N6O6. The molecule has 0 spiro atoms. The van der Waals surface area contributed by atoms with Crippen LogP contribution >= 0.6 is 0 Å². The number of aliphatic carboxylic acids is 3. The first kappa shape index (κ1) is 40.0. The van der Waals surface area contributed by atoms with Crippen LogP contribution in [0, 0.1) is 0 Å². The second-order valence-corrected chi connectivity index (χ2v) is 8.98. The number of nitrogens with zero attached hydrogens (tertiary/aromatic N) is 6. The summed E-state index contributed by atoms with van der Waals surface area (Å²) in [6, 6.07) is 4.69. The lowest BCUT2D eigenvalue weighted by Gasteiger charge is -2.21. The zero-order chi connectivity index (χ0) is 34.5. The Hall–Kier alpha value is -4.01. The minimum Gasteiger partial charge on any atom is -0.475 e. The van der Waals surface area contributed by atoms with E-state index in [1.807, 2.05) is 12.4 Å². The first-order valence-electron chi connectivity index (χ1n) is 12.1. The molecule has 0 radical (unpaired) electrons. The number of rotatable bonds is 5. The molecule has 3 rings (SSSR count). The van der Waals surface area contributed by atoms with Gasteiger partial charge in [0.1, 0.15) is 11.6 Å². The highest BCUT2D eigenvalue weighted by Gasteiger charge is 2.39. The number of aromatic nitrogens is 4. The van der Waals surface area contributed by atoms with Gasteiger partial charge in [0.15, 0.2) is 0 Å². The molecule has 0 fully saturated rings. The third-order valence-corrected chi connectivity index (χ3v) is 5.35. The zero-order valence-corrected chi connectivity index (χ0v) is 23.3. The van der Waals surface area contributed by atoms with Crippen LogP contribution in [0.15, 0.2) is 24.5 Å². The van der Waals surface area contributed by atoms with Gasteiger partial charge in [0.05, 0.1) is 6.54 Å². The highest BCUT2D eigenvalue weighted by atomic mass is 19.4. The van der Waals surface area contributed by atoms with Crippen molar-refractivity contribution in [1.29, 1.82) is 0 Å². The largest absolute Gasteiger partial charge is 0.490 e. The number of fused-ring (bicyclic) bond motifs is 1. The van der Waals surface area contributed by atoms with Gasteiger partial charge in [-0.2, -0.15) is 39.5 Å². The molecule has 3 heterocycles. The average molecular weight is 657 g/mol. The molecule has 1 aliphatic heterocycles. The van der Waals surface area contributed by atoms with Crippen LogP contribution in [0.3, 0.4) is 0 Å². The Bertz CT molecular complexity index is 1130. The lowest BCUT2D eigenvalue weighted by atomic mass is 10.2. The van der Waals surface area contributed by atoms with Crippen molar-refractivity contribution in [1.82, 2.24) is 29.5 Å². The maximum Gasteiger partial charge on any atom is 0.490 e. The first-order valence-corrected chi connectivity index (χ1v) is 12.1. The number of carboxylic acid groups (broad SMARTS) is 3. The van der Waals surface area contributed by atoms with E-state index in [-0.39, 0.29) is 0 Å². The molecule has 0 amide bonds. The van der Waals surface area contributed by atoms with E-state index in [0.29, 0.717) is 6.04 Å². The van der Waals surface area contributed by atoms with Crippen LogP contribution in [0.4, 0.5) is 39.5 Å². The topological polar surface area (TPSA) is 162 Å². The van der Waals surface area contributed by atoms with Gasteiger partial charge in [0.25, 0.3) is 0 Å². The van der Waals surface area contributed by atoms with Crippen molar-refractivity contribution in [3.63, 3.8) is 0 Å². The fourth-order valence-corrected chi connectivity index (χ4v) is 2.85. The summed E-state index contributed by atoms with van der Waals surface area (Å²) >= 11 is 0. The van der Waals surface area contributed by atoms with Crippen LogP contribution < -0.4 is 0 Å². The maximum absolute atomic E-state index is 10.6. The van der Waals surface area contributed by atoms with Gasteiger partial charge >= 0.3 is 36.4 Å². The predicted octanol–water partition coefficient (Wildman–Crippen LogP) is 3.47. The molecule has 12 nitrogen and oxygen atoms in total. The van der Waals surface area contributed by atoms with Crippen molar-refractivity contribution in [2.45, 2.75) is 64.5 Å². The highest BCUT2D eigenvalue weighted by Crippen LogP contribution is 2.15. The molecule has 0 bridgehead atoms. The SMILES string of the molecule is CC(C)N(C)Cc1nnc2n1CCN(Cc1ccncc1)CC2.O=C(O)C(F)(F)F.O=C(O)C(F)(F)F.O=C(O)C(F)(F)F. The van der Waals surface area contributed by atoms with Gasteiger partial charge < -0.3 is 19.9 Å². The molecule has 0 unspecified atom stereocenters. The van der Waals surface area contributed by atoms with Crippen molar-refractivity contribution < 1.29 is 69.2 Å². The van der Waals surface area contributed by atoms with E-state index in [9.17, 15) is 39.5 Å². The van der Waals surface area contributed by atoms with Crippen LogP contribution in [0.2, 0.25) is 0 Å². The van der Waals surface area contributed by atoms with E-state index >= 15 is 0 Å². The van der Waals surface area contributed by atoms with Crippen molar-refractivity contribution in [3.8, 4) is 0 Å².